The van der Waals surface area contributed by atoms with Crippen LogP contribution in [0, 0.1) is 0 Å². The summed E-state index contributed by atoms with van der Waals surface area (Å²) in [5, 5.41) is 0. The molecule has 1 heterocycles. The fourth-order valence-corrected chi connectivity index (χ4v) is 6.49. The van der Waals surface area contributed by atoms with Crippen LogP contribution in [0.1, 0.15) is 56.1 Å². The van der Waals surface area contributed by atoms with Crippen LogP contribution in [0.15, 0.2) is 139 Å². The van der Waals surface area contributed by atoms with Crippen LogP contribution in [0.2, 0.25) is 0 Å². The molecule has 0 N–H and O–H groups in total. The Morgan fingerprint density at radius 1 is 0.644 bits per heavy atom. The van der Waals surface area contributed by atoms with Crippen LogP contribution in [0.5, 0.6) is 0 Å². The monoisotopic (exact) mass is 583 g/mol. The summed E-state index contributed by atoms with van der Waals surface area (Å²) < 4.78 is 2.13. The second kappa shape index (κ2) is 12.2. The molecule has 0 fully saturated rings. The Morgan fingerprint density at radius 2 is 1.20 bits per heavy atom. The Labute approximate surface area is 264 Å². The molecule has 0 unspecified atom stereocenters. The third kappa shape index (κ3) is 5.49. The third-order valence-corrected chi connectivity index (χ3v) is 8.87. The van der Waals surface area contributed by atoms with Crippen LogP contribution in [0.3, 0.4) is 0 Å². The lowest BCUT2D eigenvalue weighted by atomic mass is 9.95. The fraction of sp³-hybridized carbons (Fsp3) is 0.0952. The van der Waals surface area contributed by atoms with Crippen molar-refractivity contribution >= 4 is 29.9 Å². The van der Waals surface area contributed by atoms with Gasteiger partial charge in [-0.2, -0.15) is 0 Å². The molecule has 7 rings (SSSR count). The Hall–Kier alpha value is -5.54. The average Bonchev–Trinajstić information content (AvgIpc) is 3.28. The van der Waals surface area contributed by atoms with Crippen molar-refractivity contribution in [2.24, 2.45) is 0 Å². The van der Waals surface area contributed by atoms with Crippen molar-refractivity contribution in [3.63, 3.8) is 0 Å². The van der Waals surface area contributed by atoms with E-state index >= 15 is 0 Å². The van der Waals surface area contributed by atoms with Gasteiger partial charge in [0, 0.05) is 45.4 Å². The van der Waals surface area contributed by atoms with E-state index in [2.05, 4.69) is 41.5 Å². The molecule has 0 atom stereocenters. The lowest BCUT2D eigenvalue weighted by Gasteiger charge is -2.08. The molecule has 4 aromatic carbocycles. The number of rotatable bonds is 7. The van der Waals surface area contributed by atoms with Gasteiger partial charge >= 0.3 is 0 Å². The predicted octanol–water partition coefficient (Wildman–Crippen LogP) is 9.90. The van der Waals surface area contributed by atoms with Gasteiger partial charge in [-0.1, -0.05) is 122 Å². The van der Waals surface area contributed by atoms with E-state index in [1.54, 1.807) is 0 Å². The number of benzene rings is 4. The quantitative estimate of drug-likeness (QED) is 0.179. The highest BCUT2D eigenvalue weighted by molar-refractivity contribution is 6.12. The van der Waals surface area contributed by atoms with E-state index in [4.69, 9.17) is 0 Å². The van der Waals surface area contributed by atoms with Crippen LogP contribution in [0.25, 0.3) is 40.6 Å². The molecule has 0 saturated heterocycles. The summed E-state index contributed by atoms with van der Waals surface area (Å²) in [5.41, 5.74) is 11.6. The summed E-state index contributed by atoms with van der Waals surface area (Å²) in [4.78, 5) is 27.4. The highest BCUT2D eigenvalue weighted by Crippen LogP contribution is 2.35. The van der Waals surface area contributed by atoms with Crippen molar-refractivity contribution in [3.8, 4) is 22.3 Å². The summed E-state index contributed by atoms with van der Waals surface area (Å²) >= 11 is 0. The van der Waals surface area contributed by atoms with Crippen LogP contribution in [-0.2, 0) is 12.8 Å². The van der Waals surface area contributed by atoms with Crippen LogP contribution < -0.4 is 0 Å². The van der Waals surface area contributed by atoms with E-state index in [1.807, 2.05) is 109 Å². The molecule has 0 radical (unpaired) electrons. The van der Waals surface area contributed by atoms with Crippen LogP contribution in [-0.4, -0.2) is 16.1 Å². The van der Waals surface area contributed by atoms with Gasteiger partial charge in [-0.25, -0.2) is 0 Å². The highest BCUT2D eigenvalue weighted by atomic mass is 16.1. The minimum absolute atomic E-state index is 0.00221. The number of fused-ring (bicyclic) bond motifs is 3. The first kappa shape index (κ1) is 28.2. The number of Topliss-reactive ketones (excluding diaryl/α,β-unsaturated/α-hetero) is 2. The van der Waals surface area contributed by atoms with Gasteiger partial charge in [0.25, 0.3) is 0 Å². The molecule has 5 aromatic rings. The van der Waals surface area contributed by atoms with Gasteiger partial charge in [0.05, 0.1) is 0 Å². The van der Waals surface area contributed by atoms with E-state index in [-0.39, 0.29) is 11.6 Å². The second-order valence-electron chi connectivity index (χ2n) is 11.5. The van der Waals surface area contributed by atoms with E-state index in [9.17, 15) is 9.59 Å². The molecule has 0 amide bonds. The lowest BCUT2D eigenvalue weighted by molar-refractivity contribution is 0.102. The molecular formula is C42H33NO2. The van der Waals surface area contributed by atoms with Gasteiger partial charge in [0.15, 0.2) is 11.6 Å². The normalized spacial score (nSPS) is 13.9. The molecular weight excluding hydrogens is 550 g/mol. The summed E-state index contributed by atoms with van der Waals surface area (Å²) in [7, 11) is 0. The van der Waals surface area contributed by atoms with Gasteiger partial charge < -0.3 is 4.57 Å². The van der Waals surface area contributed by atoms with Gasteiger partial charge in [-0.3, -0.25) is 9.59 Å². The van der Waals surface area contributed by atoms with Crippen molar-refractivity contribution in [2.75, 3.05) is 0 Å². The molecule has 3 heteroatoms. The molecule has 0 bridgehead atoms. The summed E-state index contributed by atoms with van der Waals surface area (Å²) in [5.74, 6) is 0.0645. The summed E-state index contributed by atoms with van der Waals surface area (Å²) in [6.45, 7) is 4.11. The molecule has 3 nitrogen and oxygen atoms in total. The Kier molecular flexibility index (Phi) is 7.67. The molecule has 1 aromatic heterocycles. The number of carbonyl (C=O) groups excluding carboxylic acids is 2. The maximum atomic E-state index is 13.8. The number of hydrogen-bond acceptors (Lipinski definition) is 2. The number of aromatic nitrogens is 1. The van der Waals surface area contributed by atoms with E-state index < -0.39 is 0 Å². The van der Waals surface area contributed by atoms with Gasteiger partial charge in [-0.05, 0) is 71.7 Å². The first-order valence-corrected chi connectivity index (χ1v) is 15.5. The number of carbonyl (C=O) groups is 2. The number of allylic oxidation sites excluding steroid dienone is 4. The highest BCUT2D eigenvalue weighted by Gasteiger charge is 2.25. The molecule has 2 aliphatic rings. The van der Waals surface area contributed by atoms with Crippen LogP contribution >= 0.6 is 0 Å². The maximum Gasteiger partial charge on any atom is 0.192 e. The SMILES string of the molecule is C=Cn1c2c(c3c1CCCC(C(=O)c1ccc(-c4ccccc4)cc1)=C3)CC=C(C(=O)c1ccc(-c3ccccc3)cc1)C=C2. The minimum atomic E-state index is -0.00221. The van der Waals surface area contributed by atoms with E-state index in [1.165, 1.54) is 5.69 Å². The predicted molar refractivity (Wildman–Crippen MR) is 185 cm³/mol. The van der Waals surface area contributed by atoms with Crippen molar-refractivity contribution in [3.05, 3.63) is 173 Å². The van der Waals surface area contributed by atoms with Gasteiger partial charge in [0.2, 0.25) is 0 Å². The minimum Gasteiger partial charge on any atom is -0.321 e. The summed E-state index contributed by atoms with van der Waals surface area (Å²) in [6, 6.07) is 36.1. The van der Waals surface area contributed by atoms with Crippen molar-refractivity contribution < 1.29 is 9.59 Å². The van der Waals surface area contributed by atoms with Crippen molar-refractivity contribution in [2.45, 2.75) is 25.7 Å². The molecule has 45 heavy (non-hydrogen) atoms. The zero-order valence-corrected chi connectivity index (χ0v) is 25.1. The largest absolute Gasteiger partial charge is 0.321 e. The Bertz CT molecular complexity index is 2000. The smallest absolute Gasteiger partial charge is 0.192 e. The van der Waals surface area contributed by atoms with Gasteiger partial charge in [-0.15, -0.1) is 0 Å². The van der Waals surface area contributed by atoms with Crippen LogP contribution in [0.4, 0.5) is 0 Å². The van der Waals surface area contributed by atoms with Crippen molar-refractivity contribution in [1.82, 2.24) is 4.57 Å². The zero-order valence-electron chi connectivity index (χ0n) is 25.1. The van der Waals surface area contributed by atoms with E-state index in [0.717, 1.165) is 57.5 Å². The number of hydrogen-bond donors (Lipinski definition) is 0. The first-order chi connectivity index (χ1) is 22.1. The molecule has 0 spiro atoms. The Balaban J connectivity index is 1.17. The zero-order chi connectivity index (χ0) is 30.8. The maximum absolute atomic E-state index is 13.8. The molecule has 2 aliphatic carbocycles. The third-order valence-electron chi connectivity index (χ3n) is 8.87. The first-order valence-electron chi connectivity index (χ1n) is 15.5. The average molecular weight is 584 g/mol. The number of ketones is 2. The standard InChI is InChI=1S/C42H33NO2/c1-2-43-39-15-9-14-36(42(45)34-22-18-32(19-23-34)30-12-7-4-8-13-30)28-38(39)37-26-24-35(25-27-40(37)43)41(44)33-20-16-31(17-21-33)29-10-5-3-6-11-29/h2-8,10-13,16-25,27-28H,1,9,14-15,26H2. The fourth-order valence-electron chi connectivity index (χ4n) is 6.49. The summed E-state index contributed by atoms with van der Waals surface area (Å²) in [6.07, 6.45) is 12.9. The number of nitrogens with zero attached hydrogens (tertiary/aromatic N) is 1. The second-order valence-corrected chi connectivity index (χ2v) is 11.5. The van der Waals surface area contributed by atoms with Gasteiger partial charge in [0.1, 0.15) is 0 Å². The molecule has 218 valence electrons. The molecule has 0 aliphatic heterocycles. The topological polar surface area (TPSA) is 39.1 Å². The Morgan fingerprint density at radius 3 is 1.78 bits per heavy atom. The lowest BCUT2D eigenvalue weighted by Crippen LogP contribution is -2.03. The molecule has 0 saturated carbocycles. The van der Waals surface area contributed by atoms with Crippen molar-refractivity contribution in [1.29, 1.82) is 0 Å². The van der Waals surface area contributed by atoms with E-state index in [0.29, 0.717) is 29.5 Å².